The van der Waals surface area contributed by atoms with Crippen LogP contribution >= 0.6 is 23.2 Å². The van der Waals surface area contributed by atoms with Crippen LogP contribution in [0.3, 0.4) is 0 Å². The van der Waals surface area contributed by atoms with Crippen LogP contribution < -0.4 is 25.4 Å². The van der Waals surface area contributed by atoms with Gasteiger partial charge in [-0.2, -0.15) is 0 Å². The normalized spacial score (nSPS) is 10.8. The molecule has 5 rings (SSSR count). The van der Waals surface area contributed by atoms with Gasteiger partial charge in [0.25, 0.3) is 0 Å². The zero-order chi connectivity index (χ0) is 31.2. The Morgan fingerprint density at radius 2 is 1.70 bits per heavy atom. The molecule has 1 amide bonds. The van der Waals surface area contributed by atoms with Gasteiger partial charge in [-0.1, -0.05) is 72.2 Å². The lowest BCUT2D eigenvalue weighted by molar-refractivity contribution is -0.111. The molecule has 8 nitrogen and oxygen atoms in total. The van der Waals surface area contributed by atoms with Crippen molar-refractivity contribution in [2.45, 2.75) is 13.3 Å². The number of carbonyl (C=O) groups excluding carboxylic acids is 1. The highest BCUT2D eigenvalue weighted by Gasteiger charge is 2.21. The Morgan fingerprint density at radius 1 is 0.977 bits per heavy atom. The van der Waals surface area contributed by atoms with Crippen LogP contribution in [0, 0.1) is 6.92 Å². The Kier molecular flexibility index (Phi) is 9.53. The number of carbonyl (C=O) groups is 1. The van der Waals surface area contributed by atoms with Crippen molar-refractivity contribution < 1.29 is 14.3 Å². The number of aryl methyl sites for hydroxylation is 1. The lowest BCUT2D eigenvalue weighted by Gasteiger charge is -2.18. The van der Waals surface area contributed by atoms with E-state index >= 15 is 0 Å². The Labute approximate surface area is 266 Å². The fourth-order valence-electron chi connectivity index (χ4n) is 4.81. The topological polar surface area (TPSA) is 97.4 Å². The number of benzene rings is 3. The molecule has 0 saturated heterocycles. The molecule has 0 bridgehead atoms. The lowest BCUT2D eigenvalue weighted by atomic mass is 10.1. The summed E-state index contributed by atoms with van der Waals surface area (Å²) in [5, 5.41) is 12.0. The van der Waals surface area contributed by atoms with Crippen molar-refractivity contribution in [3.05, 3.63) is 107 Å². The number of pyridine rings is 2. The van der Waals surface area contributed by atoms with Gasteiger partial charge in [-0.05, 0) is 48.7 Å². The second-order valence-corrected chi connectivity index (χ2v) is 10.7. The van der Waals surface area contributed by atoms with Crippen molar-refractivity contribution in [2.24, 2.45) is 0 Å². The molecular formula is C34H31Cl2N5O3. The summed E-state index contributed by atoms with van der Waals surface area (Å²) in [5.74, 6) is 1.72. The maximum Gasteiger partial charge on any atom is 0.247 e. The highest BCUT2D eigenvalue weighted by molar-refractivity contribution is 6.41. The SMILES string of the molecule is C=CC(=O)Nc1cccc(C)c1Nc1cc2c(NCCc3ccccc3)nc(-c3c(Cl)c(OC)cc(OC)c3Cl)cc2cn1. The fraction of sp³-hybridized carbons (Fsp3) is 0.147. The van der Waals surface area contributed by atoms with Gasteiger partial charge in [-0.3, -0.25) is 4.79 Å². The molecule has 0 aliphatic carbocycles. The minimum Gasteiger partial charge on any atom is -0.495 e. The zero-order valence-electron chi connectivity index (χ0n) is 24.5. The average molecular weight is 629 g/mol. The molecule has 224 valence electrons. The number of halogens is 2. The van der Waals surface area contributed by atoms with E-state index < -0.39 is 0 Å². The quantitative estimate of drug-likeness (QED) is 0.126. The lowest BCUT2D eigenvalue weighted by Crippen LogP contribution is -2.10. The number of methoxy groups -OCH3 is 2. The number of para-hydroxylation sites is 1. The number of aromatic nitrogens is 2. The van der Waals surface area contributed by atoms with Gasteiger partial charge in [0.15, 0.2) is 0 Å². The Bertz CT molecular complexity index is 1820. The van der Waals surface area contributed by atoms with Crippen molar-refractivity contribution >= 4 is 62.9 Å². The van der Waals surface area contributed by atoms with Gasteiger partial charge in [-0.25, -0.2) is 9.97 Å². The molecule has 3 N–H and O–H groups in total. The van der Waals surface area contributed by atoms with Crippen molar-refractivity contribution in [3.63, 3.8) is 0 Å². The van der Waals surface area contributed by atoms with E-state index in [-0.39, 0.29) is 5.91 Å². The van der Waals surface area contributed by atoms with Crippen LogP contribution in [-0.4, -0.2) is 36.6 Å². The number of rotatable bonds is 11. The first-order valence-corrected chi connectivity index (χ1v) is 14.6. The van der Waals surface area contributed by atoms with Crippen molar-refractivity contribution in [1.29, 1.82) is 0 Å². The summed E-state index contributed by atoms with van der Waals surface area (Å²) in [6.07, 6.45) is 3.77. The first kappa shape index (κ1) is 30.7. The smallest absolute Gasteiger partial charge is 0.247 e. The monoisotopic (exact) mass is 627 g/mol. The first-order chi connectivity index (χ1) is 21.3. The number of nitrogens with one attached hydrogen (secondary N) is 3. The number of anilines is 4. The van der Waals surface area contributed by atoms with Gasteiger partial charge in [0.05, 0.1) is 41.3 Å². The van der Waals surface area contributed by atoms with Gasteiger partial charge >= 0.3 is 0 Å². The summed E-state index contributed by atoms with van der Waals surface area (Å²) in [7, 11) is 3.06. The maximum atomic E-state index is 12.1. The third kappa shape index (κ3) is 6.56. The van der Waals surface area contributed by atoms with E-state index in [1.165, 1.54) is 25.9 Å². The maximum absolute atomic E-state index is 12.1. The van der Waals surface area contributed by atoms with Gasteiger partial charge in [0.1, 0.15) is 23.1 Å². The predicted octanol–water partition coefficient (Wildman–Crippen LogP) is 8.45. The Morgan fingerprint density at radius 3 is 2.39 bits per heavy atom. The number of nitrogens with zero attached hydrogens (tertiary/aromatic N) is 2. The van der Waals surface area contributed by atoms with E-state index in [0.29, 0.717) is 56.7 Å². The molecule has 0 fully saturated rings. The molecular weight excluding hydrogens is 597 g/mol. The molecule has 0 unspecified atom stereocenters. The summed E-state index contributed by atoms with van der Waals surface area (Å²) < 4.78 is 11.0. The third-order valence-corrected chi connectivity index (χ3v) is 7.81. The molecule has 0 aliphatic rings. The van der Waals surface area contributed by atoms with Crippen LogP contribution in [0.25, 0.3) is 22.0 Å². The van der Waals surface area contributed by atoms with E-state index in [1.54, 1.807) is 12.3 Å². The molecule has 44 heavy (non-hydrogen) atoms. The first-order valence-electron chi connectivity index (χ1n) is 13.8. The van der Waals surface area contributed by atoms with Crippen molar-refractivity contribution in [1.82, 2.24) is 9.97 Å². The standard InChI is InChI=1S/C34H31Cl2N5O3/c1-5-29(42)39-24-13-9-10-20(2)33(24)41-28-17-23-22(19-38-28)16-25(30-31(35)26(43-3)18-27(44-4)32(30)36)40-34(23)37-15-14-21-11-7-6-8-12-21/h5-13,16-19H,1,14-15H2,2-4H3,(H,37,40)(H,38,41)(H,39,42). The second kappa shape index (κ2) is 13.7. The minimum atomic E-state index is -0.307. The highest BCUT2D eigenvalue weighted by atomic mass is 35.5. The Hall–Kier alpha value is -4.79. The van der Waals surface area contributed by atoms with Crippen LogP contribution in [0.1, 0.15) is 11.1 Å². The zero-order valence-corrected chi connectivity index (χ0v) is 26.0. The molecule has 0 atom stereocenters. The van der Waals surface area contributed by atoms with Gasteiger partial charge in [0, 0.05) is 35.1 Å². The molecule has 0 radical (unpaired) electrons. The molecule has 2 aromatic heterocycles. The van der Waals surface area contributed by atoms with E-state index in [2.05, 4.69) is 39.6 Å². The summed E-state index contributed by atoms with van der Waals surface area (Å²) >= 11 is 13.5. The second-order valence-electron chi connectivity index (χ2n) is 9.91. The van der Waals surface area contributed by atoms with Crippen molar-refractivity contribution in [3.8, 4) is 22.8 Å². The number of ether oxygens (including phenoxy) is 2. The summed E-state index contributed by atoms with van der Waals surface area (Å²) in [4.78, 5) is 21.8. The van der Waals surface area contributed by atoms with Gasteiger partial charge in [-0.15, -0.1) is 0 Å². The van der Waals surface area contributed by atoms with E-state index in [1.807, 2.05) is 55.5 Å². The average Bonchev–Trinajstić information content (AvgIpc) is 3.03. The molecule has 0 spiro atoms. The largest absolute Gasteiger partial charge is 0.495 e. The Balaban J connectivity index is 1.60. The van der Waals surface area contributed by atoms with E-state index in [9.17, 15) is 4.79 Å². The highest BCUT2D eigenvalue weighted by Crippen LogP contribution is 2.46. The third-order valence-electron chi connectivity index (χ3n) is 7.06. The van der Waals surface area contributed by atoms with Gasteiger partial charge in [0.2, 0.25) is 5.91 Å². The molecule has 5 aromatic rings. The molecule has 2 heterocycles. The fourth-order valence-corrected chi connectivity index (χ4v) is 5.50. The van der Waals surface area contributed by atoms with Crippen LogP contribution in [0.4, 0.5) is 23.0 Å². The number of hydrogen-bond donors (Lipinski definition) is 3. The molecule has 0 aliphatic heterocycles. The predicted molar refractivity (Wildman–Crippen MR) is 180 cm³/mol. The van der Waals surface area contributed by atoms with Crippen LogP contribution in [0.5, 0.6) is 11.5 Å². The summed E-state index contributed by atoms with van der Waals surface area (Å²) in [6.45, 7) is 6.13. The van der Waals surface area contributed by atoms with Crippen molar-refractivity contribution in [2.75, 3.05) is 36.7 Å². The van der Waals surface area contributed by atoms with E-state index in [0.717, 1.165) is 28.4 Å². The van der Waals surface area contributed by atoms with E-state index in [4.69, 9.17) is 37.7 Å². The van der Waals surface area contributed by atoms with Crippen LogP contribution in [0.15, 0.2) is 85.6 Å². The molecule has 3 aromatic carbocycles. The number of amides is 1. The minimum absolute atomic E-state index is 0.307. The summed E-state index contributed by atoms with van der Waals surface area (Å²) in [6, 6.07) is 21.3. The number of fused-ring (bicyclic) bond motifs is 1. The number of hydrogen-bond acceptors (Lipinski definition) is 7. The molecule has 10 heteroatoms. The summed E-state index contributed by atoms with van der Waals surface area (Å²) in [5.41, 5.74) is 4.48. The van der Waals surface area contributed by atoms with Gasteiger partial charge < -0.3 is 25.4 Å². The molecule has 0 saturated carbocycles. The van der Waals surface area contributed by atoms with Crippen LogP contribution in [-0.2, 0) is 11.2 Å². The van der Waals surface area contributed by atoms with Crippen LogP contribution in [0.2, 0.25) is 10.0 Å².